The Hall–Kier alpha value is -1.12. The summed E-state index contributed by atoms with van der Waals surface area (Å²) in [5.74, 6) is -0.723. The molecule has 0 aliphatic heterocycles. The van der Waals surface area contributed by atoms with E-state index in [1.165, 1.54) is 7.11 Å². The van der Waals surface area contributed by atoms with Crippen molar-refractivity contribution >= 4 is 21.8 Å². The molecule has 0 bridgehead atoms. The quantitative estimate of drug-likeness (QED) is 0.851. The Kier molecular flexibility index (Phi) is 5.97. The third kappa shape index (κ3) is 4.46. The van der Waals surface area contributed by atoms with Gasteiger partial charge in [0.2, 0.25) is 0 Å². The normalized spacial score (nSPS) is 13.1. The zero-order valence-corrected chi connectivity index (χ0v) is 12.1. The Bertz CT molecular complexity index is 480. The van der Waals surface area contributed by atoms with Crippen LogP contribution in [0.2, 0.25) is 0 Å². The third-order valence-electron chi connectivity index (χ3n) is 2.46. The van der Waals surface area contributed by atoms with E-state index in [1.807, 2.05) is 0 Å². The van der Waals surface area contributed by atoms with Gasteiger partial charge in [-0.1, -0.05) is 0 Å². The minimum atomic E-state index is -4.53. The molecule has 1 aromatic carbocycles. The van der Waals surface area contributed by atoms with E-state index < -0.39 is 23.7 Å². The molecule has 0 spiro atoms. The van der Waals surface area contributed by atoms with Gasteiger partial charge in [0.15, 0.2) is 0 Å². The number of aliphatic hydroxyl groups excluding tert-OH is 1. The summed E-state index contributed by atoms with van der Waals surface area (Å²) in [6.45, 7) is -0.324. The van der Waals surface area contributed by atoms with Crippen LogP contribution < -0.4 is 5.32 Å². The molecule has 0 saturated carbocycles. The summed E-state index contributed by atoms with van der Waals surface area (Å²) in [5, 5.41) is 11.4. The van der Waals surface area contributed by atoms with Crippen LogP contribution in [0, 0.1) is 0 Å². The van der Waals surface area contributed by atoms with Crippen LogP contribution in [0.3, 0.4) is 0 Å². The van der Waals surface area contributed by atoms with Gasteiger partial charge in [0.25, 0.3) is 5.91 Å². The number of rotatable bonds is 5. The second kappa shape index (κ2) is 7.05. The molecule has 0 radical (unpaired) electrons. The van der Waals surface area contributed by atoms with Crippen molar-refractivity contribution in [3.05, 3.63) is 33.8 Å². The summed E-state index contributed by atoms with van der Waals surface area (Å²) in [7, 11) is 1.38. The molecule has 2 N–H and O–H groups in total. The number of ether oxygens (including phenoxy) is 1. The number of hydrogen-bond acceptors (Lipinski definition) is 3. The summed E-state index contributed by atoms with van der Waals surface area (Å²) in [6, 6.07) is 2.09. The van der Waals surface area contributed by atoms with Crippen LogP contribution in [0.1, 0.15) is 15.9 Å². The maximum Gasteiger partial charge on any atom is 0.416 e. The summed E-state index contributed by atoms with van der Waals surface area (Å²) in [6.07, 6.45) is -4.53. The number of aliphatic hydroxyl groups is 1. The van der Waals surface area contributed by atoms with E-state index in [-0.39, 0.29) is 23.2 Å². The number of methoxy groups -OCH3 is 1. The van der Waals surface area contributed by atoms with Crippen LogP contribution in [0.15, 0.2) is 22.7 Å². The molecule has 0 aliphatic rings. The number of carbonyl (C=O) groups excluding carboxylic acids is 1. The standard InChI is InChI=1S/C12H13BrF3NO3/c1-20-6-8(5-18)17-11(19)9-4-7(12(14,15)16)2-3-10(9)13/h2-4,8,18H,5-6H2,1H3,(H,17,19). The van der Waals surface area contributed by atoms with E-state index >= 15 is 0 Å². The van der Waals surface area contributed by atoms with Crippen molar-refractivity contribution in [2.24, 2.45) is 0 Å². The maximum atomic E-state index is 12.6. The molecule has 112 valence electrons. The van der Waals surface area contributed by atoms with Gasteiger partial charge in [-0.15, -0.1) is 0 Å². The number of hydrogen-bond donors (Lipinski definition) is 2. The average molecular weight is 356 g/mol. The number of carbonyl (C=O) groups is 1. The van der Waals surface area contributed by atoms with Crippen LogP contribution in [0.4, 0.5) is 13.2 Å². The van der Waals surface area contributed by atoms with E-state index in [9.17, 15) is 18.0 Å². The van der Waals surface area contributed by atoms with Crippen molar-refractivity contribution in [2.45, 2.75) is 12.2 Å². The Balaban J connectivity index is 2.97. The second-order valence-electron chi connectivity index (χ2n) is 4.00. The van der Waals surface area contributed by atoms with E-state index in [0.717, 1.165) is 18.2 Å². The molecule has 0 fully saturated rings. The van der Waals surface area contributed by atoms with Crippen molar-refractivity contribution in [3.63, 3.8) is 0 Å². The van der Waals surface area contributed by atoms with Crippen molar-refractivity contribution in [1.29, 1.82) is 0 Å². The van der Waals surface area contributed by atoms with E-state index in [4.69, 9.17) is 9.84 Å². The lowest BCUT2D eigenvalue weighted by Gasteiger charge is -2.16. The first-order chi connectivity index (χ1) is 9.29. The van der Waals surface area contributed by atoms with Gasteiger partial charge < -0.3 is 15.2 Å². The summed E-state index contributed by atoms with van der Waals surface area (Å²) < 4.78 is 42.8. The summed E-state index contributed by atoms with van der Waals surface area (Å²) in [4.78, 5) is 11.9. The number of alkyl halides is 3. The van der Waals surface area contributed by atoms with Gasteiger partial charge in [0, 0.05) is 11.6 Å². The first kappa shape index (κ1) is 16.9. The lowest BCUT2D eigenvalue weighted by atomic mass is 10.1. The molecule has 8 heteroatoms. The van der Waals surface area contributed by atoms with Crippen molar-refractivity contribution < 1.29 is 27.8 Å². The van der Waals surface area contributed by atoms with Gasteiger partial charge in [-0.25, -0.2) is 0 Å². The predicted molar refractivity (Wildman–Crippen MR) is 69.4 cm³/mol. The molecule has 0 heterocycles. The molecule has 1 aromatic rings. The molecule has 0 aromatic heterocycles. The van der Waals surface area contributed by atoms with Gasteiger partial charge in [-0.2, -0.15) is 13.2 Å². The average Bonchev–Trinajstić information content (AvgIpc) is 2.37. The Labute approximate surface area is 122 Å². The highest BCUT2D eigenvalue weighted by atomic mass is 79.9. The Morgan fingerprint density at radius 2 is 2.15 bits per heavy atom. The second-order valence-corrected chi connectivity index (χ2v) is 4.86. The minimum absolute atomic E-state index is 0.0544. The van der Waals surface area contributed by atoms with Gasteiger partial charge in [-0.3, -0.25) is 4.79 Å². The summed E-state index contributed by atoms with van der Waals surface area (Å²) in [5.41, 5.74) is -1.08. The Morgan fingerprint density at radius 3 is 2.65 bits per heavy atom. The lowest BCUT2D eigenvalue weighted by Crippen LogP contribution is -2.40. The molecule has 1 unspecified atom stereocenters. The van der Waals surface area contributed by atoms with E-state index in [2.05, 4.69) is 21.2 Å². The molecule has 1 rings (SSSR count). The fourth-order valence-electron chi connectivity index (χ4n) is 1.48. The predicted octanol–water partition coefficient (Wildman–Crippen LogP) is 2.21. The van der Waals surface area contributed by atoms with E-state index in [1.54, 1.807) is 0 Å². The number of benzene rings is 1. The first-order valence-corrected chi connectivity index (χ1v) is 6.36. The number of nitrogens with one attached hydrogen (secondary N) is 1. The topological polar surface area (TPSA) is 58.6 Å². The lowest BCUT2D eigenvalue weighted by molar-refractivity contribution is -0.137. The monoisotopic (exact) mass is 355 g/mol. The maximum absolute atomic E-state index is 12.6. The van der Waals surface area contributed by atoms with Crippen LogP contribution in [-0.2, 0) is 10.9 Å². The molecule has 0 saturated heterocycles. The van der Waals surface area contributed by atoms with Crippen molar-refractivity contribution in [2.75, 3.05) is 20.3 Å². The van der Waals surface area contributed by atoms with Crippen LogP contribution in [0.5, 0.6) is 0 Å². The van der Waals surface area contributed by atoms with Gasteiger partial charge in [-0.05, 0) is 34.1 Å². The first-order valence-electron chi connectivity index (χ1n) is 5.57. The smallest absolute Gasteiger partial charge is 0.394 e. The largest absolute Gasteiger partial charge is 0.416 e. The molecule has 0 aliphatic carbocycles. The SMILES string of the molecule is COCC(CO)NC(=O)c1cc(C(F)(F)F)ccc1Br. The molecule has 4 nitrogen and oxygen atoms in total. The minimum Gasteiger partial charge on any atom is -0.394 e. The van der Waals surface area contributed by atoms with Crippen LogP contribution in [-0.4, -0.2) is 37.4 Å². The zero-order valence-electron chi connectivity index (χ0n) is 10.5. The van der Waals surface area contributed by atoms with Gasteiger partial charge >= 0.3 is 6.18 Å². The van der Waals surface area contributed by atoms with Crippen LogP contribution in [0.25, 0.3) is 0 Å². The third-order valence-corrected chi connectivity index (χ3v) is 3.15. The highest BCUT2D eigenvalue weighted by Crippen LogP contribution is 2.31. The molecule has 1 amide bonds. The molecular formula is C12H13BrF3NO3. The Morgan fingerprint density at radius 1 is 1.50 bits per heavy atom. The van der Waals surface area contributed by atoms with Gasteiger partial charge in [0.05, 0.1) is 30.4 Å². The molecular weight excluding hydrogens is 343 g/mol. The molecule has 1 atom stereocenters. The zero-order chi connectivity index (χ0) is 15.3. The molecule has 20 heavy (non-hydrogen) atoms. The van der Waals surface area contributed by atoms with Crippen molar-refractivity contribution in [3.8, 4) is 0 Å². The number of halogens is 4. The van der Waals surface area contributed by atoms with Gasteiger partial charge in [0.1, 0.15) is 0 Å². The van der Waals surface area contributed by atoms with Crippen LogP contribution >= 0.6 is 15.9 Å². The van der Waals surface area contributed by atoms with Crippen molar-refractivity contribution in [1.82, 2.24) is 5.32 Å². The fraction of sp³-hybridized carbons (Fsp3) is 0.417. The van der Waals surface area contributed by atoms with E-state index in [0.29, 0.717) is 0 Å². The highest BCUT2D eigenvalue weighted by molar-refractivity contribution is 9.10. The summed E-state index contributed by atoms with van der Waals surface area (Å²) >= 11 is 3.03. The number of amides is 1. The highest BCUT2D eigenvalue weighted by Gasteiger charge is 2.31. The fourth-order valence-corrected chi connectivity index (χ4v) is 1.91.